The highest BCUT2D eigenvalue weighted by Gasteiger charge is 2.63. The van der Waals surface area contributed by atoms with Gasteiger partial charge in [-0.25, -0.2) is 9.78 Å². The molecule has 0 bridgehead atoms. The monoisotopic (exact) mass is 298 g/mol. The SMILES string of the molecule is COC(=O)[C@](Nc1ccc(Cl)cn1)(OC)C(F)(F)F. The van der Waals surface area contributed by atoms with E-state index >= 15 is 0 Å². The minimum atomic E-state index is -5.05. The number of pyridine rings is 1. The number of nitrogens with one attached hydrogen (secondary N) is 1. The molecule has 0 radical (unpaired) electrons. The van der Waals surface area contributed by atoms with Crippen LogP contribution in [0.2, 0.25) is 5.02 Å². The van der Waals surface area contributed by atoms with Crippen molar-refractivity contribution in [2.24, 2.45) is 0 Å². The lowest BCUT2D eigenvalue weighted by Gasteiger charge is -2.32. The first kappa shape index (κ1) is 15.5. The fourth-order valence-corrected chi connectivity index (χ4v) is 1.37. The Labute approximate surface area is 111 Å². The van der Waals surface area contributed by atoms with E-state index in [2.05, 4.69) is 14.5 Å². The van der Waals surface area contributed by atoms with Gasteiger partial charge in [0.25, 0.3) is 0 Å². The van der Waals surface area contributed by atoms with Gasteiger partial charge in [-0.3, -0.25) is 0 Å². The molecule has 0 unspecified atom stereocenters. The summed E-state index contributed by atoms with van der Waals surface area (Å²) in [4.78, 5) is 15.0. The van der Waals surface area contributed by atoms with Crippen molar-refractivity contribution in [3.05, 3.63) is 23.4 Å². The summed E-state index contributed by atoms with van der Waals surface area (Å²) in [7, 11) is 1.55. The summed E-state index contributed by atoms with van der Waals surface area (Å²) in [6, 6.07) is 2.48. The third-order valence-corrected chi connectivity index (χ3v) is 2.43. The molecule has 0 saturated heterocycles. The molecule has 1 atom stereocenters. The lowest BCUT2D eigenvalue weighted by molar-refractivity contribution is -0.259. The third-order valence-electron chi connectivity index (χ3n) is 2.21. The van der Waals surface area contributed by atoms with Crippen molar-refractivity contribution in [1.82, 2.24) is 4.98 Å². The molecular weight excluding hydrogens is 289 g/mol. The van der Waals surface area contributed by atoms with Crippen LogP contribution >= 0.6 is 11.6 Å². The molecule has 1 aromatic rings. The standard InChI is InChI=1S/C10H10ClF3N2O3/c1-18-8(17)9(19-2,10(12,13)14)16-7-4-3-6(11)5-15-7/h3-5H,1-2H3,(H,15,16)/t9-/m0/s1. The van der Waals surface area contributed by atoms with Gasteiger partial charge in [-0.05, 0) is 12.1 Å². The fourth-order valence-electron chi connectivity index (χ4n) is 1.26. The van der Waals surface area contributed by atoms with Crippen LogP contribution in [0.3, 0.4) is 0 Å². The number of alkyl halides is 3. The van der Waals surface area contributed by atoms with Crippen LogP contribution in [0, 0.1) is 0 Å². The molecule has 0 aliphatic rings. The van der Waals surface area contributed by atoms with Crippen molar-refractivity contribution >= 4 is 23.4 Å². The molecule has 1 rings (SSSR count). The molecule has 106 valence electrons. The normalized spacial score (nSPS) is 14.6. The van der Waals surface area contributed by atoms with Gasteiger partial charge in [0.05, 0.1) is 12.1 Å². The van der Waals surface area contributed by atoms with Crippen molar-refractivity contribution in [2.45, 2.75) is 11.9 Å². The Morgan fingerprint density at radius 2 is 2.00 bits per heavy atom. The quantitative estimate of drug-likeness (QED) is 0.682. The number of carbonyl (C=O) groups is 1. The van der Waals surface area contributed by atoms with Gasteiger partial charge in [-0.2, -0.15) is 13.2 Å². The van der Waals surface area contributed by atoms with Crippen LogP contribution in [-0.4, -0.2) is 37.1 Å². The second kappa shape index (κ2) is 5.62. The van der Waals surface area contributed by atoms with E-state index in [1.54, 1.807) is 0 Å². The van der Waals surface area contributed by atoms with Gasteiger partial charge in [0.2, 0.25) is 0 Å². The molecular formula is C10H10ClF3N2O3. The molecule has 1 aromatic heterocycles. The summed E-state index contributed by atoms with van der Waals surface area (Å²) in [5, 5.41) is 2.10. The smallest absolute Gasteiger partial charge is 0.448 e. The molecule has 0 fully saturated rings. The van der Waals surface area contributed by atoms with Gasteiger partial charge in [-0.15, -0.1) is 0 Å². The number of carbonyl (C=O) groups excluding carboxylic acids is 1. The number of halogens is 4. The van der Waals surface area contributed by atoms with E-state index in [1.165, 1.54) is 12.1 Å². The first-order valence-electron chi connectivity index (χ1n) is 4.87. The fraction of sp³-hybridized carbons (Fsp3) is 0.400. The first-order chi connectivity index (χ1) is 8.76. The van der Waals surface area contributed by atoms with Gasteiger partial charge < -0.3 is 14.8 Å². The summed E-state index contributed by atoms with van der Waals surface area (Å²) in [5.74, 6) is -1.88. The highest BCUT2D eigenvalue weighted by molar-refractivity contribution is 6.30. The molecule has 1 N–H and O–H groups in total. The second-order valence-electron chi connectivity index (χ2n) is 3.36. The zero-order valence-corrected chi connectivity index (χ0v) is 10.7. The average Bonchev–Trinajstić information content (AvgIpc) is 2.36. The molecule has 0 amide bonds. The zero-order chi connectivity index (χ0) is 14.7. The van der Waals surface area contributed by atoms with Crippen molar-refractivity contribution < 1.29 is 27.4 Å². The number of methoxy groups -OCH3 is 2. The topological polar surface area (TPSA) is 60.5 Å². The largest absolute Gasteiger partial charge is 0.465 e. The Hall–Kier alpha value is -1.54. The number of ether oxygens (including phenoxy) is 2. The maximum Gasteiger partial charge on any atom is 0.448 e. The van der Waals surface area contributed by atoms with Crippen molar-refractivity contribution in [1.29, 1.82) is 0 Å². The van der Waals surface area contributed by atoms with E-state index in [0.717, 1.165) is 20.4 Å². The number of anilines is 1. The van der Waals surface area contributed by atoms with Crippen molar-refractivity contribution in [3.63, 3.8) is 0 Å². The van der Waals surface area contributed by atoms with Crippen molar-refractivity contribution in [2.75, 3.05) is 19.5 Å². The third kappa shape index (κ3) is 3.07. The number of hydrogen-bond donors (Lipinski definition) is 1. The summed E-state index contributed by atoms with van der Waals surface area (Å²) in [6.45, 7) is 0. The van der Waals surface area contributed by atoms with Gasteiger partial charge >= 0.3 is 17.9 Å². The number of nitrogens with zero attached hydrogens (tertiary/aromatic N) is 1. The Morgan fingerprint density at radius 1 is 1.37 bits per heavy atom. The first-order valence-corrected chi connectivity index (χ1v) is 5.24. The predicted octanol–water partition coefficient (Wildman–Crippen LogP) is 2.22. The van der Waals surface area contributed by atoms with Crippen LogP contribution in [0.25, 0.3) is 0 Å². The van der Waals surface area contributed by atoms with Crippen LogP contribution in [0.15, 0.2) is 18.3 Å². The minimum Gasteiger partial charge on any atom is -0.465 e. The van der Waals surface area contributed by atoms with Gasteiger partial charge in [0.1, 0.15) is 5.82 Å². The van der Waals surface area contributed by atoms with E-state index in [0.29, 0.717) is 0 Å². The van der Waals surface area contributed by atoms with Crippen LogP contribution in [0.4, 0.5) is 19.0 Å². The molecule has 9 heteroatoms. The molecule has 1 heterocycles. The molecule has 0 aromatic carbocycles. The highest BCUT2D eigenvalue weighted by atomic mass is 35.5. The van der Waals surface area contributed by atoms with E-state index in [4.69, 9.17) is 11.6 Å². The molecule has 19 heavy (non-hydrogen) atoms. The Morgan fingerprint density at radius 3 is 2.37 bits per heavy atom. The summed E-state index contributed by atoms with van der Waals surface area (Å²) >= 11 is 5.56. The number of esters is 1. The van der Waals surface area contributed by atoms with Crippen molar-refractivity contribution in [3.8, 4) is 0 Å². The molecule has 0 spiro atoms. The minimum absolute atomic E-state index is 0.235. The summed E-state index contributed by atoms with van der Waals surface area (Å²) < 4.78 is 47.5. The van der Waals surface area contributed by atoms with Crippen LogP contribution < -0.4 is 5.32 Å². The number of hydrogen-bond acceptors (Lipinski definition) is 5. The summed E-state index contributed by atoms with van der Waals surface area (Å²) in [5.41, 5.74) is -3.33. The van der Waals surface area contributed by atoms with Crippen LogP contribution in [0.1, 0.15) is 0 Å². The van der Waals surface area contributed by atoms with E-state index < -0.39 is 17.9 Å². The van der Waals surface area contributed by atoms with E-state index in [9.17, 15) is 18.0 Å². The Kier molecular flexibility index (Phi) is 4.59. The highest BCUT2D eigenvalue weighted by Crippen LogP contribution is 2.35. The lowest BCUT2D eigenvalue weighted by Crippen LogP contribution is -2.60. The predicted molar refractivity (Wildman–Crippen MR) is 60.7 cm³/mol. The average molecular weight is 299 g/mol. The maximum absolute atomic E-state index is 13.0. The number of rotatable bonds is 4. The Bertz CT molecular complexity index is 452. The second-order valence-corrected chi connectivity index (χ2v) is 3.80. The van der Waals surface area contributed by atoms with Crippen LogP contribution in [-0.2, 0) is 14.3 Å². The molecule has 0 aliphatic carbocycles. The van der Waals surface area contributed by atoms with Gasteiger partial charge in [-0.1, -0.05) is 11.6 Å². The van der Waals surface area contributed by atoms with E-state index in [1.807, 2.05) is 5.32 Å². The maximum atomic E-state index is 13.0. The molecule has 0 aliphatic heterocycles. The molecule has 5 nitrogen and oxygen atoms in total. The zero-order valence-electron chi connectivity index (χ0n) is 9.92. The molecule has 0 saturated carbocycles. The van der Waals surface area contributed by atoms with E-state index in [-0.39, 0.29) is 10.8 Å². The summed E-state index contributed by atoms with van der Waals surface area (Å²) in [6.07, 6.45) is -3.92. The Balaban J connectivity index is 3.17. The van der Waals surface area contributed by atoms with Crippen LogP contribution in [0.5, 0.6) is 0 Å². The van der Waals surface area contributed by atoms with Gasteiger partial charge in [0, 0.05) is 13.3 Å². The number of aromatic nitrogens is 1. The lowest BCUT2D eigenvalue weighted by atomic mass is 10.2. The van der Waals surface area contributed by atoms with Gasteiger partial charge in [0.15, 0.2) is 0 Å².